The monoisotopic (exact) mass is 304 g/mol. The van der Waals surface area contributed by atoms with Gasteiger partial charge in [0.15, 0.2) is 11.5 Å². The lowest BCUT2D eigenvalue weighted by Gasteiger charge is -2.30. The van der Waals surface area contributed by atoms with Crippen LogP contribution >= 0.6 is 0 Å². The molecule has 0 unspecified atom stereocenters. The van der Waals surface area contributed by atoms with Gasteiger partial charge >= 0.3 is 0 Å². The van der Waals surface area contributed by atoms with Gasteiger partial charge < -0.3 is 19.1 Å². The summed E-state index contributed by atoms with van der Waals surface area (Å²) in [6, 6.07) is 6.81. The average Bonchev–Trinajstić information content (AvgIpc) is 2.77. The van der Waals surface area contributed by atoms with Crippen LogP contribution in [0.1, 0.15) is 5.56 Å². The van der Waals surface area contributed by atoms with E-state index in [1.807, 2.05) is 6.07 Å². The molecule has 2 saturated heterocycles. The first-order chi connectivity index (χ1) is 10.8. The fourth-order valence-corrected chi connectivity index (χ4v) is 3.78. The second-order valence-corrected chi connectivity index (χ2v) is 6.69. The van der Waals surface area contributed by atoms with E-state index < -0.39 is 0 Å². The summed E-state index contributed by atoms with van der Waals surface area (Å²) in [6.07, 6.45) is 0. The SMILES string of the molecule is CN1C[C@@H]2COC[C@H](C1)N(Cc1ccc3c(c1)OCCO3)C2. The molecule has 2 fully saturated rings. The van der Waals surface area contributed by atoms with Crippen LogP contribution in [0, 0.1) is 5.92 Å². The van der Waals surface area contributed by atoms with Gasteiger partial charge in [-0.05, 0) is 24.7 Å². The van der Waals surface area contributed by atoms with Crippen molar-refractivity contribution < 1.29 is 14.2 Å². The summed E-state index contributed by atoms with van der Waals surface area (Å²) in [4.78, 5) is 5.02. The Hall–Kier alpha value is -1.30. The lowest BCUT2D eigenvalue weighted by atomic mass is 10.1. The van der Waals surface area contributed by atoms with Gasteiger partial charge in [0.1, 0.15) is 13.2 Å². The molecule has 1 aromatic carbocycles. The highest BCUT2D eigenvalue weighted by molar-refractivity contribution is 5.43. The summed E-state index contributed by atoms with van der Waals surface area (Å²) in [5.41, 5.74) is 1.29. The van der Waals surface area contributed by atoms with Gasteiger partial charge in [-0.25, -0.2) is 0 Å². The van der Waals surface area contributed by atoms with E-state index in [0.29, 0.717) is 25.2 Å². The molecule has 0 amide bonds. The summed E-state index contributed by atoms with van der Waals surface area (Å²) in [5, 5.41) is 0. The maximum absolute atomic E-state index is 5.86. The molecule has 0 radical (unpaired) electrons. The number of fused-ring (bicyclic) bond motifs is 4. The zero-order valence-corrected chi connectivity index (χ0v) is 13.2. The van der Waals surface area contributed by atoms with E-state index in [1.165, 1.54) is 5.56 Å². The fraction of sp³-hybridized carbons (Fsp3) is 0.647. The van der Waals surface area contributed by atoms with Gasteiger partial charge in [-0.2, -0.15) is 0 Å². The van der Waals surface area contributed by atoms with Gasteiger partial charge in [-0.1, -0.05) is 6.07 Å². The van der Waals surface area contributed by atoms with Crippen molar-refractivity contribution in [2.75, 3.05) is 53.1 Å². The van der Waals surface area contributed by atoms with Crippen LogP contribution in [0.15, 0.2) is 18.2 Å². The predicted molar refractivity (Wildman–Crippen MR) is 83.4 cm³/mol. The van der Waals surface area contributed by atoms with E-state index in [1.54, 1.807) is 0 Å². The summed E-state index contributed by atoms with van der Waals surface area (Å²) in [7, 11) is 2.22. The standard InChI is InChI=1S/C17H24N2O3/c1-18-7-14-9-19(15(10-18)12-20-11-14)8-13-2-3-16-17(6-13)22-5-4-21-16/h2-3,6,14-15H,4-5,7-12H2,1H3/t14-,15-/m0/s1. The number of nitrogens with zero attached hydrogens (tertiary/aromatic N) is 2. The molecule has 1 aromatic rings. The van der Waals surface area contributed by atoms with Crippen molar-refractivity contribution in [1.29, 1.82) is 0 Å². The third-order valence-electron chi connectivity index (χ3n) is 4.76. The van der Waals surface area contributed by atoms with Crippen LogP contribution < -0.4 is 9.47 Å². The van der Waals surface area contributed by atoms with Gasteiger partial charge in [0, 0.05) is 38.1 Å². The summed E-state index contributed by atoms with van der Waals surface area (Å²) in [6.45, 7) is 7.30. The molecule has 0 spiro atoms. The van der Waals surface area contributed by atoms with Crippen molar-refractivity contribution in [3.63, 3.8) is 0 Å². The third-order valence-corrected chi connectivity index (χ3v) is 4.76. The minimum atomic E-state index is 0.478. The summed E-state index contributed by atoms with van der Waals surface area (Å²) >= 11 is 0. The van der Waals surface area contributed by atoms with Gasteiger partial charge in [-0.3, -0.25) is 4.90 Å². The molecule has 120 valence electrons. The molecule has 3 aliphatic heterocycles. The molecule has 2 bridgehead atoms. The average molecular weight is 304 g/mol. The smallest absolute Gasteiger partial charge is 0.161 e. The molecule has 2 atom stereocenters. The Bertz CT molecular complexity index is 537. The van der Waals surface area contributed by atoms with Gasteiger partial charge in [-0.15, -0.1) is 0 Å². The first-order valence-corrected chi connectivity index (χ1v) is 8.17. The Balaban J connectivity index is 1.52. The van der Waals surface area contributed by atoms with E-state index in [0.717, 1.165) is 50.9 Å². The Kier molecular flexibility index (Phi) is 3.94. The zero-order valence-electron chi connectivity index (χ0n) is 13.2. The second kappa shape index (κ2) is 6.07. The summed E-state index contributed by atoms with van der Waals surface area (Å²) < 4.78 is 17.2. The maximum atomic E-state index is 5.86. The maximum Gasteiger partial charge on any atom is 0.161 e. The van der Waals surface area contributed by atoms with Crippen LogP contribution in [-0.4, -0.2) is 69.0 Å². The third kappa shape index (κ3) is 2.93. The van der Waals surface area contributed by atoms with Crippen LogP contribution in [0.4, 0.5) is 0 Å². The Morgan fingerprint density at radius 1 is 1.05 bits per heavy atom. The first-order valence-electron chi connectivity index (χ1n) is 8.17. The molecule has 22 heavy (non-hydrogen) atoms. The number of rotatable bonds is 2. The molecule has 3 aliphatic rings. The predicted octanol–water partition coefficient (Wildman–Crippen LogP) is 1.22. The van der Waals surface area contributed by atoms with E-state index in [4.69, 9.17) is 14.2 Å². The quantitative estimate of drug-likeness (QED) is 0.821. The van der Waals surface area contributed by atoms with E-state index in [2.05, 4.69) is 29.0 Å². The zero-order chi connectivity index (χ0) is 14.9. The van der Waals surface area contributed by atoms with Crippen LogP contribution in [0.3, 0.4) is 0 Å². The molecule has 3 heterocycles. The van der Waals surface area contributed by atoms with Crippen molar-refractivity contribution >= 4 is 0 Å². The minimum Gasteiger partial charge on any atom is -0.486 e. The molecule has 5 heteroatoms. The highest BCUT2D eigenvalue weighted by Crippen LogP contribution is 2.31. The molecule has 4 rings (SSSR count). The van der Waals surface area contributed by atoms with E-state index >= 15 is 0 Å². The fourth-order valence-electron chi connectivity index (χ4n) is 3.78. The second-order valence-electron chi connectivity index (χ2n) is 6.69. The number of hydrogen-bond donors (Lipinski definition) is 0. The van der Waals surface area contributed by atoms with E-state index in [9.17, 15) is 0 Å². The van der Waals surface area contributed by atoms with Crippen molar-refractivity contribution in [3.05, 3.63) is 23.8 Å². The van der Waals surface area contributed by atoms with Crippen molar-refractivity contribution in [2.45, 2.75) is 12.6 Å². The van der Waals surface area contributed by atoms with Gasteiger partial charge in [0.05, 0.1) is 13.2 Å². The number of likely N-dealkylation sites (N-methyl/N-ethyl adjacent to an activating group) is 1. The number of ether oxygens (including phenoxy) is 3. The van der Waals surface area contributed by atoms with Gasteiger partial charge in [0.25, 0.3) is 0 Å². The Morgan fingerprint density at radius 3 is 2.82 bits per heavy atom. The molecular formula is C17H24N2O3. The van der Waals surface area contributed by atoms with Crippen molar-refractivity contribution in [2.24, 2.45) is 5.92 Å². The molecule has 0 N–H and O–H groups in total. The van der Waals surface area contributed by atoms with Crippen LogP contribution in [0.2, 0.25) is 0 Å². The summed E-state index contributed by atoms with van der Waals surface area (Å²) in [5.74, 6) is 2.36. The minimum absolute atomic E-state index is 0.478. The lowest BCUT2D eigenvalue weighted by molar-refractivity contribution is 0.0561. The molecular weight excluding hydrogens is 280 g/mol. The van der Waals surface area contributed by atoms with Crippen LogP contribution in [0.5, 0.6) is 11.5 Å². The molecule has 5 nitrogen and oxygen atoms in total. The Morgan fingerprint density at radius 2 is 1.91 bits per heavy atom. The largest absolute Gasteiger partial charge is 0.486 e. The van der Waals surface area contributed by atoms with E-state index in [-0.39, 0.29) is 0 Å². The lowest BCUT2D eigenvalue weighted by Crippen LogP contribution is -2.42. The topological polar surface area (TPSA) is 34.2 Å². The van der Waals surface area contributed by atoms with Crippen molar-refractivity contribution in [3.8, 4) is 11.5 Å². The normalized spacial score (nSPS) is 29.1. The molecule has 0 aromatic heterocycles. The highest BCUT2D eigenvalue weighted by Gasteiger charge is 2.32. The van der Waals surface area contributed by atoms with Crippen molar-refractivity contribution in [1.82, 2.24) is 9.80 Å². The molecule has 0 aliphatic carbocycles. The van der Waals surface area contributed by atoms with Gasteiger partial charge in [0.2, 0.25) is 0 Å². The first kappa shape index (κ1) is 14.3. The number of benzene rings is 1. The highest BCUT2D eigenvalue weighted by atomic mass is 16.6. The molecule has 0 saturated carbocycles. The van der Waals surface area contributed by atoms with Crippen LogP contribution in [0.25, 0.3) is 0 Å². The Labute approximate surface area is 131 Å². The van der Waals surface area contributed by atoms with Crippen LogP contribution in [-0.2, 0) is 11.3 Å². The number of hydrogen-bond acceptors (Lipinski definition) is 5.